The lowest BCUT2D eigenvalue weighted by atomic mass is 9.99. The molecule has 0 amide bonds. The average molecular weight is 273 g/mol. The second-order valence-electron chi connectivity index (χ2n) is 6.27. The topological polar surface area (TPSA) is 18.5 Å². The number of fused-ring (bicyclic) bond motifs is 1. The van der Waals surface area contributed by atoms with E-state index >= 15 is 0 Å². The Hall–Kier alpha value is -0.900. The van der Waals surface area contributed by atoms with Gasteiger partial charge in [0.05, 0.1) is 0 Å². The van der Waals surface area contributed by atoms with Crippen LogP contribution in [0.2, 0.25) is 0 Å². The second-order valence-corrected chi connectivity index (χ2v) is 6.27. The van der Waals surface area contributed by atoms with E-state index in [1.807, 2.05) is 7.05 Å². The summed E-state index contributed by atoms with van der Waals surface area (Å²) >= 11 is 0. The minimum Gasteiger partial charge on any atom is -0.316 e. The Balaban J connectivity index is 1.55. The first kappa shape index (κ1) is 14.1. The Morgan fingerprint density at radius 3 is 2.65 bits per heavy atom. The zero-order valence-corrected chi connectivity index (χ0v) is 12.6. The number of hydrogen-bond donors (Lipinski definition) is 1. The first-order valence-electron chi connectivity index (χ1n) is 8.04. The lowest BCUT2D eigenvalue weighted by molar-refractivity contribution is 0.0457. The molecule has 0 spiro atoms. The van der Waals surface area contributed by atoms with E-state index in [9.17, 15) is 0 Å². The van der Waals surface area contributed by atoms with Gasteiger partial charge in [0.15, 0.2) is 0 Å². The van der Waals surface area contributed by atoms with Gasteiger partial charge in [0.1, 0.15) is 0 Å². The highest BCUT2D eigenvalue weighted by Crippen LogP contribution is 2.22. The molecule has 2 heterocycles. The van der Waals surface area contributed by atoms with E-state index < -0.39 is 0 Å². The van der Waals surface area contributed by atoms with Gasteiger partial charge in [0.25, 0.3) is 0 Å². The van der Waals surface area contributed by atoms with E-state index in [0.717, 1.165) is 19.1 Å². The van der Waals surface area contributed by atoms with Gasteiger partial charge in [-0.3, -0.25) is 9.80 Å². The minimum absolute atomic E-state index is 0.820. The quantitative estimate of drug-likeness (QED) is 0.906. The van der Waals surface area contributed by atoms with E-state index in [4.69, 9.17) is 0 Å². The van der Waals surface area contributed by atoms with E-state index in [-0.39, 0.29) is 0 Å². The van der Waals surface area contributed by atoms with Crippen LogP contribution < -0.4 is 5.32 Å². The van der Waals surface area contributed by atoms with Gasteiger partial charge in [-0.25, -0.2) is 0 Å². The molecule has 110 valence electrons. The summed E-state index contributed by atoms with van der Waals surface area (Å²) in [6.45, 7) is 7.16. The summed E-state index contributed by atoms with van der Waals surface area (Å²) in [6, 6.07) is 9.91. The molecule has 2 fully saturated rings. The number of rotatable bonds is 4. The van der Waals surface area contributed by atoms with Gasteiger partial charge in [-0.2, -0.15) is 0 Å². The number of benzene rings is 1. The molecule has 2 saturated heterocycles. The van der Waals surface area contributed by atoms with Crippen molar-refractivity contribution < 1.29 is 0 Å². The smallest absolute Gasteiger partial charge is 0.0234 e. The summed E-state index contributed by atoms with van der Waals surface area (Å²) in [7, 11) is 2.00. The Bertz CT molecular complexity index is 415. The van der Waals surface area contributed by atoms with Gasteiger partial charge in [-0.05, 0) is 37.6 Å². The predicted octanol–water partition coefficient (Wildman–Crippen LogP) is 2.08. The van der Waals surface area contributed by atoms with Gasteiger partial charge >= 0.3 is 0 Å². The van der Waals surface area contributed by atoms with Crippen molar-refractivity contribution in [2.45, 2.75) is 38.4 Å². The molecular weight excluding hydrogens is 246 g/mol. The molecule has 0 bridgehead atoms. The number of nitrogens with one attached hydrogen (secondary N) is 1. The normalized spacial score (nSPS) is 24.6. The van der Waals surface area contributed by atoms with Crippen molar-refractivity contribution in [3.8, 4) is 0 Å². The van der Waals surface area contributed by atoms with Crippen LogP contribution in [0.3, 0.4) is 0 Å². The molecule has 2 aliphatic heterocycles. The van der Waals surface area contributed by atoms with Crippen molar-refractivity contribution in [3.63, 3.8) is 0 Å². The van der Waals surface area contributed by atoms with Gasteiger partial charge in [-0.1, -0.05) is 30.7 Å². The summed E-state index contributed by atoms with van der Waals surface area (Å²) in [6.07, 6.45) is 4.23. The van der Waals surface area contributed by atoms with Crippen LogP contribution >= 0.6 is 0 Å². The third-order valence-corrected chi connectivity index (χ3v) is 4.73. The Morgan fingerprint density at radius 1 is 1.05 bits per heavy atom. The van der Waals surface area contributed by atoms with E-state index in [1.165, 1.54) is 56.6 Å². The highest BCUT2D eigenvalue weighted by Gasteiger charge is 2.28. The summed E-state index contributed by atoms with van der Waals surface area (Å²) in [5.41, 5.74) is 2.82. The zero-order chi connectivity index (χ0) is 13.8. The Labute approximate surface area is 123 Å². The van der Waals surface area contributed by atoms with Crippen molar-refractivity contribution in [2.75, 3.05) is 33.2 Å². The zero-order valence-electron chi connectivity index (χ0n) is 12.6. The van der Waals surface area contributed by atoms with E-state index in [0.29, 0.717) is 0 Å². The van der Waals surface area contributed by atoms with Crippen LogP contribution in [-0.4, -0.2) is 49.1 Å². The number of hydrogen-bond acceptors (Lipinski definition) is 3. The lowest BCUT2D eigenvalue weighted by Crippen LogP contribution is -2.54. The first-order valence-corrected chi connectivity index (χ1v) is 8.04. The van der Waals surface area contributed by atoms with Crippen LogP contribution in [0.4, 0.5) is 0 Å². The third-order valence-electron chi connectivity index (χ3n) is 4.73. The first-order chi connectivity index (χ1) is 9.85. The van der Waals surface area contributed by atoms with Crippen molar-refractivity contribution >= 4 is 0 Å². The number of piperidine rings is 1. The van der Waals surface area contributed by atoms with Crippen LogP contribution in [0.5, 0.6) is 0 Å². The van der Waals surface area contributed by atoms with E-state index in [1.54, 1.807) is 0 Å². The fraction of sp³-hybridized carbons (Fsp3) is 0.647. The standard InChI is InChI=1S/C17H27N3/c1-18-12-15-5-7-16(8-6-15)13-19-10-11-20-9-3-2-4-17(20)14-19/h5-8,17-18H,2-4,9-14H2,1H3. The molecule has 1 aromatic rings. The third kappa shape index (κ3) is 3.40. The van der Waals surface area contributed by atoms with Crippen LogP contribution in [0.15, 0.2) is 24.3 Å². The molecule has 1 aromatic carbocycles. The molecule has 3 rings (SSSR count). The lowest BCUT2D eigenvalue weighted by Gasteiger charge is -2.44. The fourth-order valence-electron chi connectivity index (χ4n) is 3.59. The largest absolute Gasteiger partial charge is 0.316 e. The molecule has 3 nitrogen and oxygen atoms in total. The van der Waals surface area contributed by atoms with Crippen LogP contribution in [-0.2, 0) is 13.1 Å². The number of nitrogens with zero attached hydrogens (tertiary/aromatic N) is 2. The molecule has 0 saturated carbocycles. The summed E-state index contributed by atoms with van der Waals surface area (Å²) in [5, 5.41) is 3.20. The van der Waals surface area contributed by atoms with Gasteiger partial charge in [0, 0.05) is 38.8 Å². The van der Waals surface area contributed by atoms with Gasteiger partial charge < -0.3 is 5.32 Å². The maximum absolute atomic E-state index is 3.20. The van der Waals surface area contributed by atoms with Crippen molar-refractivity contribution in [3.05, 3.63) is 35.4 Å². The Kier molecular flexibility index (Phi) is 4.71. The van der Waals surface area contributed by atoms with Gasteiger partial charge in [-0.15, -0.1) is 0 Å². The minimum atomic E-state index is 0.820. The molecule has 1 atom stereocenters. The SMILES string of the molecule is CNCc1ccc(CN2CCN3CCCCC3C2)cc1. The average Bonchev–Trinajstić information content (AvgIpc) is 2.49. The van der Waals surface area contributed by atoms with Crippen molar-refractivity contribution in [1.29, 1.82) is 0 Å². The highest BCUT2D eigenvalue weighted by atomic mass is 15.3. The molecule has 3 heteroatoms. The molecule has 1 unspecified atom stereocenters. The molecule has 2 aliphatic rings. The van der Waals surface area contributed by atoms with Crippen LogP contribution in [0.1, 0.15) is 30.4 Å². The molecule has 0 aliphatic carbocycles. The predicted molar refractivity (Wildman–Crippen MR) is 83.7 cm³/mol. The van der Waals surface area contributed by atoms with E-state index in [2.05, 4.69) is 39.4 Å². The maximum atomic E-state index is 3.20. The summed E-state index contributed by atoms with van der Waals surface area (Å²) in [5.74, 6) is 0. The van der Waals surface area contributed by atoms with Crippen LogP contribution in [0, 0.1) is 0 Å². The maximum Gasteiger partial charge on any atom is 0.0234 e. The Morgan fingerprint density at radius 2 is 1.85 bits per heavy atom. The fourth-order valence-corrected chi connectivity index (χ4v) is 3.59. The van der Waals surface area contributed by atoms with Crippen molar-refractivity contribution in [2.24, 2.45) is 0 Å². The molecular formula is C17H27N3. The van der Waals surface area contributed by atoms with Crippen LogP contribution in [0.25, 0.3) is 0 Å². The molecule has 0 aromatic heterocycles. The molecule has 0 radical (unpaired) electrons. The second kappa shape index (κ2) is 6.70. The van der Waals surface area contributed by atoms with Gasteiger partial charge in [0.2, 0.25) is 0 Å². The summed E-state index contributed by atoms with van der Waals surface area (Å²) < 4.78 is 0. The highest BCUT2D eigenvalue weighted by molar-refractivity contribution is 5.22. The molecule has 20 heavy (non-hydrogen) atoms. The molecule has 1 N–H and O–H groups in total. The monoisotopic (exact) mass is 273 g/mol. The van der Waals surface area contributed by atoms with Crippen molar-refractivity contribution in [1.82, 2.24) is 15.1 Å². The summed E-state index contributed by atoms with van der Waals surface area (Å²) in [4.78, 5) is 5.34. The number of piperazine rings is 1.